The maximum absolute atomic E-state index is 13.1. The van der Waals surface area contributed by atoms with E-state index in [1.54, 1.807) is 50.4 Å². The van der Waals surface area contributed by atoms with Crippen LogP contribution in [0.25, 0.3) is 17.1 Å². The number of amides is 1. The number of nitrogens with one attached hydrogen (secondary N) is 1. The van der Waals surface area contributed by atoms with Crippen molar-refractivity contribution in [3.05, 3.63) is 48.3 Å². The lowest BCUT2D eigenvalue weighted by Gasteiger charge is -2.29. The first-order valence-corrected chi connectivity index (χ1v) is 9.06. The Morgan fingerprint density at radius 1 is 1.24 bits per heavy atom. The Morgan fingerprint density at radius 2 is 2.03 bits per heavy atom. The Labute approximate surface area is 168 Å². The van der Waals surface area contributed by atoms with Crippen LogP contribution in [0.2, 0.25) is 0 Å². The Bertz CT molecular complexity index is 1040. The summed E-state index contributed by atoms with van der Waals surface area (Å²) < 4.78 is 10.8. The van der Waals surface area contributed by atoms with Crippen LogP contribution >= 0.6 is 0 Å². The molecule has 2 N–H and O–H groups in total. The molecule has 3 aromatic rings. The zero-order valence-electron chi connectivity index (χ0n) is 16.8. The number of pyridine rings is 1. The third kappa shape index (κ3) is 4.55. The number of hydrogen-bond donors (Lipinski definition) is 2. The molecule has 0 atom stereocenters. The second-order valence-corrected chi connectivity index (χ2v) is 7.09. The van der Waals surface area contributed by atoms with Gasteiger partial charge in [-0.2, -0.15) is 5.10 Å². The summed E-state index contributed by atoms with van der Waals surface area (Å²) in [5.74, 6) is 0.579. The van der Waals surface area contributed by atoms with Gasteiger partial charge >= 0.3 is 0 Å². The number of anilines is 1. The van der Waals surface area contributed by atoms with Crippen LogP contribution in [0.3, 0.4) is 0 Å². The molecule has 8 heteroatoms. The predicted molar refractivity (Wildman–Crippen MR) is 111 cm³/mol. The van der Waals surface area contributed by atoms with Gasteiger partial charge in [0.2, 0.25) is 0 Å². The van der Waals surface area contributed by atoms with Crippen molar-refractivity contribution < 1.29 is 19.4 Å². The molecule has 0 aliphatic heterocycles. The van der Waals surface area contributed by atoms with Gasteiger partial charge in [0.15, 0.2) is 17.1 Å². The smallest absolute Gasteiger partial charge is 0.251 e. The van der Waals surface area contributed by atoms with Crippen molar-refractivity contribution in [1.82, 2.24) is 15.2 Å². The van der Waals surface area contributed by atoms with E-state index >= 15 is 0 Å². The summed E-state index contributed by atoms with van der Waals surface area (Å²) in [6.07, 6.45) is 4.72. The van der Waals surface area contributed by atoms with Gasteiger partial charge in [-0.05, 0) is 44.2 Å². The first-order chi connectivity index (χ1) is 13.8. The minimum absolute atomic E-state index is 0.0605. The zero-order valence-corrected chi connectivity index (χ0v) is 16.8. The summed E-state index contributed by atoms with van der Waals surface area (Å²) >= 11 is 0. The average Bonchev–Trinajstić information content (AvgIpc) is 3.12. The molecule has 0 unspecified atom stereocenters. The normalized spacial score (nSPS) is 11.8. The van der Waals surface area contributed by atoms with Crippen molar-refractivity contribution in [3.63, 3.8) is 0 Å². The van der Waals surface area contributed by atoms with Crippen LogP contribution in [0, 0.1) is 0 Å². The van der Waals surface area contributed by atoms with Crippen molar-refractivity contribution in [1.29, 1.82) is 0 Å². The number of carbonyl (C=O) groups is 1. The number of methoxy groups -OCH3 is 2. The lowest BCUT2D eigenvalue weighted by Crippen LogP contribution is -2.42. The van der Waals surface area contributed by atoms with Gasteiger partial charge in [0.05, 0.1) is 37.7 Å². The van der Waals surface area contributed by atoms with E-state index in [1.807, 2.05) is 6.07 Å². The van der Waals surface area contributed by atoms with Gasteiger partial charge in [-0.25, -0.2) is 4.98 Å². The first-order valence-electron chi connectivity index (χ1n) is 9.06. The number of para-hydroxylation sites is 1. The molecular formula is C21H24N4O4. The van der Waals surface area contributed by atoms with Gasteiger partial charge in [0.25, 0.3) is 5.91 Å². The van der Waals surface area contributed by atoms with Gasteiger partial charge in [-0.1, -0.05) is 6.07 Å². The molecule has 1 aromatic carbocycles. The van der Waals surface area contributed by atoms with Crippen LogP contribution in [0.1, 0.15) is 19.5 Å². The van der Waals surface area contributed by atoms with E-state index in [-0.39, 0.29) is 12.5 Å². The highest BCUT2D eigenvalue weighted by molar-refractivity contribution is 6.05. The molecule has 0 fully saturated rings. The second-order valence-electron chi connectivity index (χ2n) is 7.09. The quantitative estimate of drug-likeness (QED) is 0.596. The number of benzene rings is 1. The number of aromatic nitrogens is 3. The van der Waals surface area contributed by atoms with Crippen molar-refractivity contribution in [2.75, 3.05) is 25.7 Å². The molecule has 3 rings (SSSR count). The summed E-state index contributed by atoms with van der Waals surface area (Å²) in [7, 11) is 3.04. The number of H-pyrrole nitrogens is 1. The molecule has 0 spiro atoms. The fourth-order valence-corrected chi connectivity index (χ4v) is 2.99. The fourth-order valence-electron chi connectivity index (χ4n) is 2.99. The summed E-state index contributed by atoms with van der Waals surface area (Å²) in [6.45, 7) is 3.33. The molecular weight excluding hydrogens is 372 g/mol. The van der Waals surface area contributed by atoms with Crippen LogP contribution in [-0.2, 0) is 4.79 Å². The maximum Gasteiger partial charge on any atom is 0.251 e. The van der Waals surface area contributed by atoms with Gasteiger partial charge in [-0.15, -0.1) is 0 Å². The Morgan fingerprint density at radius 3 is 2.72 bits per heavy atom. The average molecular weight is 396 g/mol. The molecule has 0 saturated carbocycles. The van der Waals surface area contributed by atoms with Crippen LogP contribution < -0.4 is 14.4 Å². The molecule has 1 amide bonds. The summed E-state index contributed by atoms with van der Waals surface area (Å²) in [5, 5.41) is 18.2. The Balaban J connectivity index is 1.98. The van der Waals surface area contributed by atoms with Crippen molar-refractivity contribution in [2.24, 2.45) is 0 Å². The SMILES string of the molecule is COc1cccc(N(CC(C)(C)O)C(=O)/C=C/c2[nH]nc3ncccc23)c1OC. The van der Waals surface area contributed by atoms with Crippen molar-refractivity contribution in [3.8, 4) is 11.5 Å². The zero-order chi connectivity index (χ0) is 21.0. The van der Waals surface area contributed by atoms with Gasteiger partial charge in [-0.3, -0.25) is 9.89 Å². The molecule has 2 heterocycles. The van der Waals surface area contributed by atoms with Crippen LogP contribution in [0.15, 0.2) is 42.6 Å². The lowest BCUT2D eigenvalue weighted by molar-refractivity contribution is -0.114. The molecule has 2 aromatic heterocycles. The Hall–Kier alpha value is -3.39. The van der Waals surface area contributed by atoms with Crippen LogP contribution in [0.5, 0.6) is 11.5 Å². The minimum Gasteiger partial charge on any atom is -0.493 e. The summed E-state index contributed by atoms with van der Waals surface area (Å²) in [5.41, 5.74) is 0.617. The molecule has 0 aliphatic carbocycles. The predicted octanol–water partition coefficient (Wildman–Crippen LogP) is 2.79. The van der Waals surface area contributed by atoms with Gasteiger partial charge in [0, 0.05) is 17.7 Å². The number of rotatable bonds is 7. The van der Waals surface area contributed by atoms with E-state index in [9.17, 15) is 9.90 Å². The minimum atomic E-state index is -1.12. The summed E-state index contributed by atoms with van der Waals surface area (Å²) in [4.78, 5) is 18.7. The maximum atomic E-state index is 13.1. The standard InChI is InChI=1S/C21H24N4O4/c1-21(2,27)13-25(16-8-5-9-17(28-3)19(16)29-4)18(26)11-10-15-14-7-6-12-22-20(14)24-23-15/h5-12,27H,13H2,1-4H3,(H,22,23,24)/b11-10+. The summed E-state index contributed by atoms with van der Waals surface area (Å²) in [6, 6.07) is 8.93. The van der Waals surface area contributed by atoms with Crippen LogP contribution in [-0.4, -0.2) is 52.6 Å². The van der Waals surface area contributed by atoms with Gasteiger partial charge in [0.1, 0.15) is 0 Å². The molecule has 0 radical (unpaired) electrons. The highest BCUT2D eigenvalue weighted by Gasteiger charge is 2.26. The lowest BCUT2D eigenvalue weighted by atomic mass is 10.1. The van der Waals surface area contributed by atoms with Crippen molar-refractivity contribution in [2.45, 2.75) is 19.4 Å². The number of fused-ring (bicyclic) bond motifs is 1. The second kappa shape index (κ2) is 8.32. The monoisotopic (exact) mass is 396 g/mol. The largest absolute Gasteiger partial charge is 0.493 e. The third-order valence-corrected chi connectivity index (χ3v) is 4.24. The van der Waals surface area contributed by atoms with E-state index in [0.29, 0.717) is 28.5 Å². The fraction of sp³-hybridized carbons (Fsp3) is 0.286. The van der Waals surface area contributed by atoms with E-state index in [4.69, 9.17) is 9.47 Å². The number of aromatic amines is 1. The topological polar surface area (TPSA) is 101 Å². The van der Waals surface area contributed by atoms with E-state index in [2.05, 4.69) is 15.2 Å². The van der Waals surface area contributed by atoms with E-state index in [0.717, 1.165) is 5.39 Å². The molecule has 29 heavy (non-hydrogen) atoms. The Kier molecular flexibility index (Phi) is 5.84. The van der Waals surface area contributed by atoms with Gasteiger partial charge < -0.3 is 19.5 Å². The molecule has 8 nitrogen and oxygen atoms in total. The van der Waals surface area contributed by atoms with E-state index in [1.165, 1.54) is 25.2 Å². The highest BCUT2D eigenvalue weighted by atomic mass is 16.5. The van der Waals surface area contributed by atoms with Crippen molar-refractivity contribution >= 4 is 28.7 Å². The third-order valence-electron chi connectivity index (χ3n) is 4.24. The first kappa shape index (κ1) is 20.3. The number of hydrogen-bond acceptors (Lipinski definition) is 6. The molecule has 0 bridgehead atoms. The highest BCUT2D eigenvalue weighted by Crippen LogP contribution is 2.38. The number of aliphatic hydroxyl groups is 1. The number of nitrogens with zero attached hydrogens (tertiary/aromatic N) is 3. The molecule has 0 saturated heterocycles. The van der Waals surface area contributed by atoms with Crippen LogP contribution in [0.4, 0.5) is 5.69 Å². The number of ether oxygens (including phenoxy) is 2. The molecule has 0 aliphatic rings. The number of carbonyl (C=O) groups excluding carboxylic acids is 1. The molecule has 152 valence electrons. The van der Waals surface area contributed by atoms with E-state index < -0.39 is 5.60 Å².